The molecule has 0 fully saturated rings. The Labute approximate surface area is 127 Å². The quantitative estimate of drug-likeness (QED) is 0.288. The zero-order chi connectivity index (χ0) is 12.0. The van der Waals surface area contributed by atoms with E-state index in [-0.39, 0.29) is 15.7 Å². The van der Waals surface area contributed by atoms with Crippen molar-refractivity contribution in [1.82, 2.24) is 0 Å². The zero-order valence-electron chi connectivity index (χ0n) is 7.25. The van der Waals surface area contributed by atoms with E-state index in [0.29, 0.717) is 0 Å². The normalized spacial score (nSPS) is 41.8. The molecule has 1 aliphatic rings. The van der Waals surface area contributed by atoms with Gasteiger partial charge in [0, 0.05) is 10.0 Å². The summed E-state index contributed by atoms with van der Waals surface area (Å²) in [6.07, 6.45) is -0.115. The molecule has 1 aliphatic carbocycles. The van der Waals surface area contributed by atoms with E-state index in [9.17, 15) is 15.0 Å². The van der Waals surface area contributed by atoms with Gasteiger partial charge in [0.1, 0.15) is 9.53 Å². The van der Waals surface area contributed by atoms with Crippen LogP contribution in [0.25, 0.3) is 0 Å². The fourth-order valence-corrected chi connectivity index (χ4v) is 6.43. The molecule has 0 heterocycles. The van der Waals surface area contributed by atoms with Gasteiger partial charge in [0.25, 0.3) is 0 Å². The number of carboxylic acid groups (broad SMARTS) is 1. The van der Waals surface area contributed by atoms with Crippen molar-refractivity contribution in [1.29, 1.82) is 0 Å². The average molecular weight is 551 g/mol. The van der Waals surface area contributed by atoms with Crippen LogP contribution in [0.4, 0.5) is 0 Å². The molecule has 0 aromatic carbocycles. The molecule has 0 saturated heterocycles. The third-order valence-corrected chi connectivity index (χ3v) is 5.27. The lowest BCUT2D eigenvalue weighted by Gasteiger charge is -2.39. The fraction of sp³-hybridized carbons (Fsp3) is 0.571. The van der Waals surface area contributed by atoms with Crippen molar-refractivity contribution in [2.75, 3.05) is 0 Å². The van der Waals surface area contributed by atoms with E-state index < -0.39 is 19.1 Å². The topological polar surface area (TPSA) is 104 Å². The molecule has 86 valence electrons. The van der Waals surface area contributed by atoms with Gasteiger partial charge in [-0.1, -0.05) is 0 Å². The van der Waals surface area contributed by atoms with E-state index in [1.54, 1.807) is 67.8 Å². The minimum Gasteiger partial charge on any atom is -0.481 e. The predicted octanol–water partition coefficient (Wildman–Crippen LogP) is 0.943. The second kappa shape index (κ2) is 4.42. The summed E-state index contributed by atoms with van der Waals surface area (Å²) in [4.78, 5) is 11.0. The number of hydrogen-bond donors (Lipinski definition) is 4. The summed E-state index contributed by atoms with van der Waals surface area (Å²) in [5.41, 5.74) is 5.75. The lowest BCUT2D eigenvalue weighted by Crippen LogP contribution is -2.50. The van der Waals surface area contributed by atoms with Crippen LogP contribution in [0.5, 0.6) is 0 Å². The molecular weight excluding hydrogens is 543 g/mol. The lowest BCUT2D eigenvalue weighted by atomic mass is 9.89. The van der Waals surface area contributed by atoms with Crippen molar-refractivity contribution in [3.63, 3.8) is 0 Å². The molecule has 0 radical (unpaired) electrons. The van der Waals surface area contributed by atoms with E-state index in [0.717, 1.165) is 0 Å². The number of hydrogen-bond acceptors (Lipinski definition) is 4. The summed E-state index contributed by atoms with van der Waals surface area (Å²) >= 11 is 5.09. The minimum atomic E-state index is -1.53. The summed E-state index contributed by atoms with van der Waals surface area (Å²) in [6.45, 7) is 0. The smallest absolute Gasteiger partial charge is 0.315 e. The van der Waals surface area contributed by atoms with Gasteiger partial charge in [0.15, 0.2) is 3.61 Å². The molecule has 8 heteroatoms. The van der Waals surface area contributed by atoms with Crippen molar-refractivity contribution in [2.45, 2.75) is 13.6 Å². The standard InChI is InChI=1S/C7H8I3NO4/c8-3-2(5(12)13)6(9,14)1-7(10,15)4(3)11/h2,14-15H,1,11H2,(H,12,13). The van der Waals surface area contributed by atoms with Crippen LogP contribution >= 0.6 is 67.8 Å². The molecule has 3 unspecified atom stereocenters. The lowest BCUT2D eigenvalue weighted by molar-refractivity contribution is -0.145. The van der Waals surface area contributed by atoms with Gasteiger partial charge >= 0.3 is 5.97 Å². The van der Waals surface area contributed by atoms with E-state index in [1.165, 1.54) is 0 Å². The molecule has 3 atom stereocenters. The molecule has 0 bridgehead atoms. The Bertz CT molecular complexity index is 339. The summed E-state index contributed by atoms with van der Waals surface area (Å²) in [6, 6.07) is 0. The Kier molecular flexibility index (Phi) is 4.18. The molecule has 5 N–H and O–H groups in total. The van der Waals surface area contributed by atoms with Crippen molar-refractivity contribution in [2.24, 2.45) is 11.7 Å². The van der Waals surface area contributed by atoms with Crippen LogP contribution in [-0.2, 0) is 4.79 Å². The maximum atomic E-state index is 11.0. The van der Waals surface area contributed by atoms with E-state index in [2.05, 4.69) is 0 Å². The summed E-state index contributed by atoms with van der Waals surface area (Å²) < 4.78 is -2.64. The highest BCUT2D eigenvalue weighted by molar-refractivity contribution is 14.1. The first kappa shape index (κ1) is 14.2. The molecule has 1 rings (SSSR count). The third kappa shape index (κ3) is 2.69. The van der Waals surface area contributed by atoms with Crippen LogP contribution in [0.3, 0.4) is 0 Å². The van der Waals surface area contributed by atoms with Crippen LogP contribution in [0.2, 0.25) is 0 Å². The number of nitrogens with two attached hydrogens (primary N) is 1. The second-order valence-electron chi connectivity index (χ2n) is 3.29. The van der Waals surface area contributed by atoms with Crippen molar-refractivity contribution >= 4 is 73.7 Å². The maximum Gasteiger partial charge on any atom is 0.315 e. The summed E-state index contributed by atoms with van der Waals surface area (Å²) in [5.74, 6) is -2.24. The Hall–Kier alpha value is 1.12. The van der Waals surface area contributed by atoms with E-state index in [1.807, 2.05) is 0 Å². The highest BCUT2D eigenvalue weighted by Crippen LogP contribution is 2.50. The number of halogens is 3. The molecule has 0 spiro atoms. The molecule has 15 heavy (non-hydrogen) atoms. The van der Waals surface area contributed by atoms with Crippen molar-refractivity contribution in [3.05, 3.63) is 9.28 Å². The number of alkyl halides is 2. The monoisotopic (exact) mass is 551 g/mol. The average Bonchev–Trinajstić information content (AvgIpc) is 1.96. The highest BCUT2D eigenvalue weighted by Gasteiger charge is 2.53. The van der Waals surface area contributed by atoms with E-state index in [4.69, 9.17) is 10.8 Å². The number of rotatable bonds is 1. The SMILES string of the molecule is NC1=C(I)C(C(=O)O)C(O)(I)CC1(O)I. The first-order valence-electron chi connectivity index (χ1n) is 3.80. The number of carbonyl (C=O) groups is 1. The molecule has 0 amide bonds. The van der Waals surface area contributed by atoms with Gasteiger partial charge in [-0.15, -0.1) is 0 Å². The molecule has 0 aromatic rings. The predicted molar refractivity (Wildman–Crippen MR) is 78.9 cm³/mol. The van der Waals surface area contributed by atoms with Gasteiger partial charge in [-0.2, -0.15) is 0 Å². The molecule has 0 saturated carbocycles. The van der Waals surface area contributed by atoms with Crippen LogP contribution in [0.1, 0.15) is 6.42 Å². The number of aliphatic hydroxyl groups is 2. The van der Waals surface area contributed by atoms with Gasteiger partial charge < -0.3 is 21.1 Å². The minimum absolute atomic E-state index is 0.109. The van der Waals surface area contributed by atoms with Gasteiger partial charge in [-0.3, -0.25) is 4.79 Å². The molecule has 0 aliphatic heterocycles. The van der Waals surface area contributed by atoms with Crippen molar-refractivity contribution in [3.8, 4) is 0 Å². The van der Waals surface area contributed by atoms with Gasteiger partial charge in [-0.05, 0) is 67.8 Å². The number of aliphatic carboxylic acids is 1. The van der Waals surface area contributed by atoms with Crippen LogP contribution < -0.4 is 5.73 Å². The third-order valence-electron chi connectivity index (χ3n) is 2.09. The Morgan fingerprint density at radius 1 is 1.47 bits per heavy atom. The number of carboxylic acids is 1. The highest BCUT2D eigenvalue weighted by atomic mass is 127. The molecule has 0 aromatic heterocycles. The Morgan fingerprint density at radius 3 is 2.33 bits per heavy atom. The van der Waals surface area contributed by atoms with Crippen LogP contribution in [-0.4, -0.2) is 28.5 Å². The van der Waals surface area contributed by atoms with Crippen molar-refractivity contribution < 1.29 is 20.1 Å². The zero-order valence-corrected chi connectivity index (χ0v) is 13.7. The molecule has 5 nitrogen and oxygen atoms in total. The largest absolute Gasteiger partial charge is 0.481 e. The van der Waals surface area contributed by atoms with Gasteiger partial charge in [0.05, 0.1) is 5.70 Å². The summed E-state index contributed by atoms with van der Waals surface area (Å²) in [7, 11) is 0. The summed E-state index contributed by atoms with van der Waals surface area (Å²) in [5, 5.41) is 28.9. The Morgan fingerprint density at radius 2 is 1.93 bits per heavy atom. The van der Waals surface area contributed by atoms with Gasteiger partial charge in [-0.25, -0.2) is 0 Å². The molecular formula is C7H8I3NO4. The first-order valence-corrected chi connectivity index (χ1v) is 7.04. The van der Waals surface area contributed by atoms with Gasteiger partial charge in [0.2, 0.25) is 0 Å². The second-order valence-corrected chi connectivity index (χ2v) is 8.10. The van der Waals surface area contributed by atoms with E-state index >= 15 is 0 Å². The maximum absolute atomic E-state index is 11.0. The van der Waals surface area contributed by atoms with Crippen LogP contribution in [0.15, 0.2) is 9.28 Å². The first-order chi connectivity index (χ1) is 6.59. The van der Waals surface area contributed by atoms with Crippen LogP contribution in [0, 0.1) is 5.92 Å². The fourth-order valence-electron chi connectivity index (χ4n) is 1.36. The Balaban J connectivity index is 3.30.